The van der Waals surface area contributed by atoms with Gasteiger partial charge in [0.25, 0.3) is 0 Å². The van der Waals surface area contributed by atoms with Crippen molar-refractivity contribution < 1.29 is 22.3 Å². The van der Waals surface area contributed by atoms with E-state index in [0.717, 1.165) is 32.0 Å². The maximum atomic E-state index is 14.4. The zero-order valence-electron chi connectivity index (χ0n) is 14.6. The summed E-state index contributed by atoms with van der Waals surface area (Å²) in [7, 11) is -3.45. The molecule has 2 aliphatic rings. The van der Waals surface area contributed by atoms with Crippen molar-refractivity contribution in [2.24, 2.45) is 0 Å². The second-order valence-electron chi connectivity index (χ2n) is 6.70. The van der Waals surface area contributed by atoms with Crippen LogP contribution in [0.2, 0.25) is 0 Å². The van der Waals surface area contributed by atoms with Gasteiger partial charge in [-0.15, -0.1) is 0 Å². The average Bonchev–Trinajstić information content (AvgIpc) is 3.50. The van der Waals surface area contributed by atoms with E-state index >= 15 is 0 Å². The highest BCUT2D eigenvalue weighted by molar-refractivity contribution is 7.92. The first-order valence-electron chi connectivity index (χ1n) is 8.93. The van der Waals surface area contributed by atoms with Gasteiger partial charge in [-0.05, 0) is 57.0 Å². The molecule has 1 aliphatic carbocycles. The number of hydrogen-bond acceptors (Lipinski definition) is 7. The highest BCUT2D eigenvalue weighted by Crippen LogP contribution is 2.35. The van der Waals surface area contributed by atoms with E-state index in [2.05, 4.69) is 15.3 Å². The number of aromatic nitrogens is 2. The van der Waals surface area contributed by atoms with Gasteiger partial charge in [0.1, 0.15) is 12.4 Å². The summed E-state index contributed by atoms with van der Waals surface area (Å²) in [5.41, 5.74) is 0. The number of rotatable bonds is 6. The largest absolute Gasteiger partial charge is 0.474 e. The van der Waals surface area contributed by atoms with Crippen LogP contribution in [-0.4, -0.2) is 42.8 Å². The second-order valence-corrected chi connectivity index (χ2v) is 8.93. The second kappa shape index (κ2) is 7.40. The summed E-state index contributed by atoms with van der Waals surface area (Å²) in [6.07, 6.45) is 4.37. The van der Waals surface area contributed by atoms with Crippen molar-refractivity contribution in [1.82, 2.24) is 15.3 Å². The fourth-order valence-corrected chi connectivity index (χ4v) is 4.62. The van der Waals surface area contributed by atoms with Crippen LogP contribution in [0.25, 0.3) is 0 Å². The summed E-state index contributed by atoms with van der Waals surface area (Å²) in [6, 6.07) is 5.16. The molecule has 1 saturated carbocycles. The van der Waals surface area contributed by atoms with E-state index in [1.807, 2.05) is 0 Å². The lowest BCUT2D eigenvalue weighted by Crippen LogP contribution is -2.34. The lowest BCUT2D eigenvalue weighted by molar-refractivity contribution is 0.155. The molecule has 1 aromatic carbocycles. The summed E-state index contributed by atoms with van der Waals surface area (Å²) in [5, 5.41) is 2.87. The minimum absolute atomic E-state index is 0.0209. The molecular formula is C18H20FN3O4S. The lowest BCUT2D eigenvalue weighted by Gasteiger charge is -2.23. The van der Waals surface area contributed by atoms with Gasteiger partial charge in [-0.25, -0.2) is 22.8 Å². The molecule has 1 N–H and O–H groups in total. The van der Waals surface area contributed by atoms with E-state index in [0.29, 0.717) is 18.7 Å². The van der Waals surface area contributed by atoms with Gasteiger partial charge < -0.3 is 14.8 Å². The van der Waals surface area contributed by atoms with Crippen LogP contribution in [0.15, 0.2) is 35.5 Å². The molecule has 0 unspecified atom stereocenters. The van der Waals surface area contributed by atoms with Crippen molar-refractivity contribution in [3.8, 4) is 17.5 Å². The van der Waals surface area contributed by atoms with Gasteiger partial charge in [-0.2, -0.15) is 0 Å². The van der Waals surface area contributed by atoms with Crippen LogP contribution in [0, 0.1) is 5.82 Å². The molecule has 4 rings (SSSR count). The molecule has 0 radical (unpaired) electrons. The molecule has 9 heteroatoms. The Kier molecular flexibility index (Phi) is 4.96. The quantitative estimate of drug-likeness (QED) is 0.806. The van der Waals surface area contributed by atoms with E-state index in [-0.39, 0.29) is 27.9 Å². The molecule has 1 saturated heterocycles. The van der Waals surface area contributed by atoms with Gasteiger partial charge in [-0.1, -0.05) is 0 Å². The van der Waals surface area contributed by atoms with Crippen molar-refractivity contribution in [1.29, 1.82) is 0 Å². The van der Waals surface area contributed by atoms with Gasteiger partial charge in [0, 0.05) is 0 Å². The van der Waals surface area contributed by atoms with Gasteiger partial charge in [0.05, 0.1) is 16.2 Å². The predicted molar refractivity (Wildman–Crippen MR) is 95.2 cm³/mol. The van der Waals surface area contributed by atoms with Crippen LogP contribution < -0.4 is 14.8 Å². The Bertz CT molecular complexity index is 928. The number of benzene rings is 1. The van der Waals surface area contributed by atoms with E-state index in [1.54, 1.807) is 0 Å². The first-order chi connectivity index (χ1) is 13.0. The first-order valence-corrected chi connectivity index (χ1v) is 10.5. The van der Waals surface area contributed by atoms with Gasteiger partial charge >= 0.3 is 0 Å². The highest BCUT2D eigenvalue weighted by Gasteiger charge is 2.37. The predicted octanol–water partition coefficient (Wildman–Crippen LogP) is 2.47. The summed E-state index contributed by atoms with van der Waals surface area (Å²) in [5.74, 6) is -0.363. The Balaban J connectivity index is 1.48. The fourth-order valence-electron chi connectivity index (χ4n) is 2.95. The normalized spacial score (nSPS) is 18.3. The Morgan fingerprint density at radius 1 is 1.04 bits per heavy atom. The number of halogens is 1. The number of hydrogen-bond donors (Lipinski definition) is 1. The lowest BCUT2D eigenvalue weighted by atomic mass is 10.1. The van der Waals surface area contributed by atoms with Gasteiger partial charge in [-0.3, -0.25) is 0 Å². The minimum atomic E-state index is -3.45. The van der Waals surface area contributed by atoms with Crippen LogP contribution in [0.3, 0.4) is 0 Å². The van der Waals surface area contributed by atoms with Crippen molar-refractivity contribution in [2.75, 3.05) is 13.1 Å². The monoisotopic (exact) mass is 393 g/mol. The molecule has 0 atom stereocenters. The third kappa shape index (κ3) is 4.19. The van der Waals surface area contributed by atoms with E-state index in [4.69, 9.17) is 9.47 Å². The minimum Gasteiger partial charge on any atom is -0.474 e. The molecule has 27 heavy (non-hydrogen) atoms. The maximum absolute atomic E-state index is 14.4. The summed E-state index contributed by atoms with van der Waals surface area (Å²) in [6.45, 7) is 1.78. The zero-order chi connectivity index (χ0) is 18.9. The molecule has 2 fully saturated rings. The Morgan fingerprint density at radius 2 is 1.78 bits per heavy atom. The number of ether oxygens (including phenoxy) is 2. The number of nitrogens with one attached hydrogen (secondary N) is 1. The molecule has 2 aromatic rings. The number of piperidine rings is 1. The molecule has 1 aliphatic heterocycles. The smallest absolute Gasteiger partial charge is 0.226 e. The molecule has 2 heterocycles. The molecular weight excluding hydrogens is 373 g/mol. The summed E-state index contributed by atoms with van der Waals surface area (Å²) < 4.78 is 50.0. The molecule has 7 nitrogen and oxygen atoms in total. The third-order valence-corrected chi connectivity index (χ3v) is 6.86. The fraction of sp³-hybridized carbons (Fsp3) is 0.444. The standard InChI is InChI=1S/C18H20FN3O4S/c19-15-9-14(27(23,24)13-1-2-13)3-4-16(15)26-18-10-17(21-11-22-18)25-12-5-7-20-8-6-12/h3-4,9-13,20H,1-2,5-8H2. The van der Waals surface area contributed by atoms with Crippen LogP contribution in [0.4, 0.5) is 4.39 Å². The number of nitrogens with zero attached hydrogens (tertiary/aromatic N) is 2. The molecule has 0 bridgehead atoms. The average molecular weight is 393 g/mol. The SMILES string of the molecule is O=S(=O)(c1ccc(Oc2cc(OC3CCNCC3)ncn2)c(F)c1)C1CC1. The third-order valence-electron chi connectivity index (χ3n) is 4.60. The van der Waals surface area contributed by atoms with Gasteiger partial charge in [0.15, 0.2) is 21.4 Å². The summed E-state index contributed by atoms with van der Waals surface area (Å²) in [4.78, 5) is 8.01. The highest BCUT2D eigenvalue weighted by atomic mass is 32.2. The van der Waals surface area contributed by atoms with Crippen molar-refractivity contribution in [2.45, 2.75) is 41.9 Å². The Hall–Kier alpha value is -2.26. The maximum Gasteiger partial charge on any atom is 0.226 e. The van der Waals surface area contributed by atoms with Crippen molar-refractivity contribution >= 4 is 9.84 Å². The summed E-state index contributed by atoms with van der Waals surface area (Å²) >= 11 is 0. The van der Waals surface area contributed by atoms with E-state index in [9.17, 15) is 12.8 Å². The van der Waals surface area contributed by atoms with Crippen molar-refractivity contribution in [3.05, 3.63) is 36.4 Å². The van der Waals surface area contributed by atoms with Crippen LogP contribution in [0.5, 0.6) is 17.5 Å². The van der Waals surface area contributed by atoms with Crippen LogP contribution in [-0.2, 0) is 9.84 Å². The Morgan fingerprint density at radius 3 is 2.48 bits per heavy atom. The first kappa shape index (κ1) is 18.1. The van der Waals surface area contributed by atoms with E-state index < -0.39 is 15.7 Å². The van der Waals surface area contributed by atoms with Crippen LogP contribution >= 0.6 is 0 Å². The van der Waals surface area contributed by atoms with Gasteiger partial charge in [0.2, 0.25) is 11.8 Å². The number of sulfone groups is 1. The van der Waals surface area contributed by atoms with Crippen molar-refractivity contribution in [3.63, 3.8) is 0 Å². The topological polar surface area (TPSA) is 90.4 Å². The van der Waals surface area contributed by atoms with E-state index in [1.165, 1.54) is 24.5 Å². The molecule has 0 spiro atoms. The zero-order valence-corrected chi connectivity index (χ0v) is 15.4. The molecule has 144 valence electrons. The Labute approximate surface area is 156 Å². The molecule has 0 amide bonds. The van der Waals surface area contributed by atoms with Crippen LogP contribution in [0.1, 0.15) is 25.7 Å². The molecule has 1 aromatic heterocycles.